The maximum atomic E-state index is 12.3. The highest BCUT2D eigenvalue weighted by Crippen LogP contribution is 2.19. The molecule has 4 rings (SSSR count). The summed E-state index contributed by atoms with van der Waals surface area (Å²) in [6.45, 7) is 0.237. The number of anilines is 1. The molecule has 1 aliphatic rings. The van der Waals surface area contributed by atoms with Crippen LogP contribution in [0.25, 0.3) is 11.6 Å². The molecule has 148 valence electrons. The van der Waals surface area contributed by atoms with E-state index in [1.165, 1.54) is 6.26 Å². The van der Waals surface area contributed by atoms with Crippen molar-refractivity contribution in [3.63, 3.8) is 0 Å². The van der Waals surface area contributed by atoms with Gasteiger partial charge in [0.1, 0.15) is 6.04 Å². The van der Waals surface area contributed by atoms with Crippen molar-refractivity contribution in [3.05, 3.63) is 54.1 Å². The molecule has 0 spiro atoms. The molecule has 0 aliphatic carbocycles. The molecule has 1 aliphatic heterocycles. The number of para-hydroxylation sites is 1. The molecule has 0 saturated heterocycles. The normalized spacial score (nSPS) is 15.8. The Morgan fingerprint density at radius 1 is 1.17 bits per heavy atom. The molecule has 0 saturated carbocycles. The van der Waals surface area contributed by atoms with Gasteiger partial charge in [-0.3, -0.25) is 14.4 Å². The van der Waals surface area contributed by atoms with Crippen LogP contribution in [-0.4, -0.2) is 40.4 Å². The summed E-state index contributed by atoms with van der Waals surface area (Å²) >= 11 is 0. The first kappa shape index (κ1) is 18.4. The summed E-state index contributed by atoms with van der Waals surface area (Å²) in [5, 5.41) is 11.7. The summed E-state index contributed by atoms with van der Waals surface area (Å²) in [4.78, 5) is 41.0. The zero-order valence-electron chi connectivity index (χ0n) is 15.2. The molecular formula is C19H17N5O5. The zero-order valence-corrected chi connectivity index (χ0v) is 15.2. The van der Waals surface area contributed by atoms with Crippen LogP contribution in [0.4, 0.5) is 5.69 Å². The number of furan rings is 1. The van der Waals surface area contributed by atoms with E-state index in [0.29, 0.717) is 35.1 Å². The van der Waals surface area contributed by atoms with Crippen LogP contribution < -0.4 is 16.0 Å². The first-order valence-corrected chi connectivity index (χ1v) is 8.94. The lowest BCUT2D eigenvalue weighted by molar-refractivity contribution is -0.125. The van der Waals surface area contributed by atoms with E-state index in [1.54, 1.807) is 36.4 Å². The third-order valence-corrected chi connectivity index (χ3v) is 4.31. The minimum absolute atomic E-state index is 0.187. The standard InChI is InChI=1S/C19H17N5O5/c25-15(20-8-7-16-23-17(24-29-16)14-6-3-9-28-14)10-13-19(27)21-12-5-2-1-4-11(12)18(26)22-13/h1-6,9,13H,7-8,10H2,(H,20,25)(H,21,27)(H,22,26)/t13-/m0/s1. The maximum absolute atomic E-state index is 12.3. The van der Waals surface area contributed by atoms with Gasteiger partial charge < -0.3 is 24.9 Å². The topological polar surface area (TPSA) is 139 Å². The van der Waals surface area contributed by atoms with Crippen molar-refractivity contribution in [2.75, 3.05) is 11.9 Å². The summed E-state index contributed by atoms with van der Waals surface area (Å²) in [5.74, 6) is -0.0878. The monoisotopic (exact) mass is 395 g/mol. The van der Waals surface area contributed by atoms with E-state index in [-0.39, 0.29) is 18.9 Å². The molecule has 0 unspecified atom stereocenters. The molecule has 2 aromatic heterocycles. The van der Waals surface area contributed by atoms with Gasteiger partial charge in [-0.25, -0.2) is 0 Å². The number of carbonyl (C=O) groups excluding carboxylic acids is 3. The second kappa shape index (κ2) is 7.97. The van der Waals surface area contributed by atoms with Crippen molar-refractivity contribution < 1.29 is 23.3 Å². The lowest BCUT2D eigenvalue weighted by Crippen LogP contribution is -2.44. The van der Waals surface area contributed by atoms with E-state index in [0.717, 1.165) is 0 Å². The van der Waals surface area contributed by atoms with Crippen LogP contribution in [0.1, 0.15) is 22.7 Å². The molecule has 0 fully saturated rings. The molecule has 3 N–H and O–H groups in total. The lowest BCUT2D eigenvalue weighted by atomic mass is 10.1. The van der Waals surface area contributed by atoms with Crippen molar-refractivity contribution >= 4 is 23.4 Å². The number of nitrogens with zero attached hydrogens (tertiary/aromatic N) is 2. The molecular weight excluding hydrogens is 378 g/mol. The minimum atomic E-state index is -0.969. The Morgan fingerprint density at radius 2 is 2.03 bits per heavy atom. The summed E-state index contributed by atoms with van der Waals surface area (Å²) in [7, 11) is 0. The lowest BCUT2D eigenvalue weighted by Gasteiger charge is -2.14. The Morgan fingerprint density at radius 3 is 2.86 bits per heavy atom. The van der Waals surface area contributed by atoms with E-state index in [2.05, 4.69) is 26.1 Å². The predicted molar refractivity (Wildman–Crippen MR) is 99.7 cm³/mol. The molecule has 1 aromatic carbocycles. The number of carbonyl (C=O) groups is 3. The van der Waals surface area contributed by atoms with Crippen molar-refractivity contribution in [1.82, 2.24) is 20.8 Å². The van der Waals surface area contributed by atoms with Crippen LogP contribution >= 0.6 is 0 Å². The van der Waals surface area contributed by atoms with Gasteiger partial charge in [0.05, 0.1) is 23.9 Å². The Labute approximate surface area is 164 Å². The van der Waals surface area contributed by atoms with E-state index in [9.17, 15) is 14.4 Å². The third-order valence-electron chi connectivity index (χ3n) is 4.31. The fraction of sp³-hybridized carbons (Fsp3) is 0.211. The summed E-state index contributed by atoms with van der Waals surface area (Å²) < 4.78 is 10.3. The second-order valence-corrected chi connectivity index (χ2v) is 6.35. The number of benzene rings is 1. The zero-order chi connectivity index (χ0) is 20.2. The van der Waals surface area contributed by atoms with Gasteiger partial charge in [0.25, 0.3) is 5.91 Å². The van der Waals surface area contributed by atoms with Crippen molar-refractivity contribution in [2.24, 2.45) is 0 Å². The molecule has 10 heteroatoms. The van der Waals surface area contributed by atoms with Gasteiger partial charge >= 0.3 is 0 Å². The quantitative estimate of drug-likeness (QED) is 0.568. The third kappa shape index (κ3) is 4.15. The van der Waals surface area contributed by atoms with Crippen molar-refractivity contribution in [3.8, 4) is 11.6 Å². The SMILES string of the molecule is O=C(C[C@@H]1NC(=O)c2ccccc2NC1=O)NCCc1nc(-c2ccco2)no1. The molecule has 29 heavy (non-hydrogen) atoms. The number of aromatic nitrogens is 2. The van der Waals surface area contributed by atoms with Gasteiger partial charge in [0, 0.05) is 13.0 Å². The first-order valence-electron chi connectivity index (χ1n) is 8.94. The number of hydrogen-bond acceptors (Lipinski definition) is 7. The van der Waals surface area contributed by atoms with Crippen LogP contribution in [0.15, 0.2) is 51.6 Å². The highest BCUT2D eigenvalue weighted by molar-refractivity contribution is 6.10. The first-order chi connectivity index (χ1) is 14.1. The molecule has 3 aromatic rings. The Balaban J connectivity index is 1.29. The summed E-state index contributed by atoms with van der Waals surface area (Å²) in [6, 6.07) is 9.11. The van der Waals surface area contributed by atoms with Gasteiger partial charge in [-0.15, -0.1) is 0 Å². The minimum Gasteiger partial charge on any atom is -0.461 e. The fourth-order valence-electron chi connectivity index (χ4n) is 2.88. The van der Waals surface area contributed by atoms with Crippen LogP contribution in [-0.2, 0) is 16.0 Å². The van der Waals surface area contributed by atoms with E-state index in [1.807, 2.05) is 0 Å². The highest BCUT2D eigenvalue weighted by Gasteiger charge is 2.29. The van der Waals surface area contributed by atoms with Crippen molar-refractivity contribution in [1.29, 1.82) is 0 Å². The average Bonchev–Trinajstić information content (AvgIpc) is 3.37. The number of nitrogens with one attached hydrogen (secondary N) is 3. The molecule has 3 amide bonds. The Kier molecular flexibility index (Phi) is 5.06. The van der Waals surface area contributed by atoms with E-state index in [4.69, 9.17) is 8.94 Å². The summed E-state index contributed by atoms with van der Waals surface area (Å²) in [6.07, 6.45) is 1.63. The fourth-order valence-corrected chi connectivity index (χ4v) is 2.88. The van der Waals surface area contributed by atoms with E-state index >= 15 is 0 Å². The van der Waals surface area contributed by atoms with Crippen molar-refractivity contribution in [2.45, 2.75) is 18.9 Å². The summed E-state index contributed by atoms with van der Waals surface area (Å²) in [5.41, 5.74) is 0.772. The molecule has 10 nitrogen and oxygen atoms in total. The van der Waals surface area contributed by atoms with Gasteiger partial charge in [0.15, 0.2) is 5.76 Å². The number of rotatable bonds is 6. The number of amides is 3. The number of hydrogen-bond donors (Lipinski definition) is 3. The van der Waals surface area contributed by atoms with Crippen LogP contribution in [0.3, 0.4) is 0 Å². The smallest absolute Gasteiger partial charge is 0.254 e. The van der Waals surface area contributed by atoms with Crippen LogP contribution in [0.5, 0.6) is 0 Å². The largest absolute Gasteiger partial charge is 0.461 e. The van der Waals surface area contributed by atoms with E-state index < -0.39 is 17.9 Å². The van der Waals surface area contributed by atoms with Crippen LogP contribution in [0, 0.1) is 0 Å². The molecule has 1 atom stereocenters. The van der Waals surface area contributed by atoms with Gasteiger partial charge in [-0.2, -0.15) is 4.98 Å². The Bertz CT molecular complexity index is 1040. The molecule has 3 heterocycles. The van der Waals surface area contributed by atoms with Gasteiger partial charge in [0.2, 0.25) is 23.5 Å². The number of fused-ring (bicyclic) bond motifs is 1. The predicted octanol–water partition coefficient (Wildman–Crippen LogP) is 1.13. The van der Waals surface area contributed by atoms with Gasteiger partial charge in [-0.1, -0.05) is 17.3 Å². The second-order valence-electron chi connectivity index (χ2n) is 6.35. The Hall–Kier alpha value is -3.95. The molecule has 0 bridgehead atoms. The highest BCUT2D eigenvalue weighted by atomic mass is 16.5. The average molecular weight is 395 g/mol. The van der Waals surface area contributed by atoms with Crippen LogP contribution in [0.2, 0.25) is 0 Å². The van der Waals surface area contributed by atoms with Gasteiger partial charge in [-0.05, 0) is 24.3 Å². The maximum Gasteiger partial charge on any atom is 0.254 e. The molecule has 0 radical (unpaired) electrons.